The normalized spacial score (nSPS) is 11.0. The molecule has 0 bridgehead atoms. The second kappa shape index (κ2) is 9.50. The molecule has 0 saturated heterocycles. The maximum absolute atomic E-state index is 13.9. The van der Waals surface area contributed by atoms with Crippen LogP contribution in [0.2, 0.25) is 10.0 Å². The second-order valence-electron chi connectivity index (χ2n) is 5.31. The van der Waals surface area contributed by atoms with E-state index in [0.717, 1.165) is 4.47 Å². The highest BCUT2D eigenvalue weighted by Gasteiger charge is 2.15. The smallest absolute Gasteiger partial charge is 0.238 e. The van der Waals surface area contributed by atoms with Crippen molar-refractivity contribution in [2.75, 3.05) is 25.0 Å². The maximum Gasteiger partial charge on any atom is 0.238 e. The molecule has 2 aromatic rings. The number of nitrogens with one attached hydrogen (secondary N) is 1. The highest BCUT2D eigenvalue weighted by Crippen LogP contribution is 2.29. The summed E-state index contributed by atoms with van der Waals surface area (Å²) in [6, 6.07) is 9.50. The van der Waals surface area contributed by atoms with E-state index in [-0.39, 0.29) is 38.0 Å². The van der Waals surface area contributed by atoms with Gasteiger partial charge in [0.15, 0.2) is 0 Å². The van der Waals surface area contributed by atoms with Crippen molar-refractivity contribution >= 4 is 50.7 Å². The molecule has 8 heteroatoms. The lowest BCUT2D eigenvalue weighted by Gasteiger charge is -2.21. The lowest BCUT2D eigenvalue weighted by atomic mass is 10.2. The van der Waals surface area contributed by atoms with Crippen molar-refractivity contribution in [2.45, 2.75) is 6.54 Å². The Morgan fingerprint density at radius 1 is 1.24 bits per heavy atom. The molecule has 0 spiro atoms. The third-order valence-corrected chi connectivity index (χ3v) is 4.54. The molecule has 2 N–H and O–H groups in total. The number of carbonyl (C=O) groups excluding carboxylic acids is 1. The molecule has 2 rings (SSSR count). The third-order valence-electron chi connectivity index (χ3n) is 3.41. The number of hydrogen-bond acceptors (Lipinski definition) is 3. The van der Waals surface area contributed by atoms with Gasteiger partial charge < -0.3 is 10.4 Å². The monoisotopic (exact) mass is 448 g/mol. The fourth-order valence-electron chi connectivity index (χ4n) is 2.26. The Kier molecular flexibility index (Phi) is 7.65. The van der Waals surface area contributed by atoms with E-state index in [1.54, 1.807) is 35.2 Å². The quantitative estimate of drug-likeness (QED) is 0.661. The van der Waals surface area contributed by atoms with Crippen LogP contribution in [0, 0.1) is 5.82 Å². The fourth-order valence-corrected chi connectivity index (χ4v) is 3.16. The van der Waals surface area contributed by atoms with E-state index < -0.39 is 0 Å². The summed E-state index contributed by atoms with van der Waals surface area (Å²) in [5, 5.41) is 12.5. The fraction of sp³-hybridized carbons (Fsp3) is 0.235. The van der Waals surface area contributed by atoms with Gasteiger partial charge in [0.1, 0.15) is 5.82 Å². The first-order valence-corrected chi connectivity index (χ1v) is 8.96. The average molecular weight is 450 g/mol. The van der Waals surface area contributed by atoms with Gasteiger partial charge in [-0.25, -0.2) is 4.39 Å². The van der Waals surface area contributed by atoms with Crippen molar-refractivity contribution in [3.63, 3.8) is 0 Å². The minimum Gasteiger partial charge on any atom is -0.395 e. The van der Waals surface area contributed by atoms with Gasteiger partial charge in [-0.15, -0.1) is 0 Å². The van der Waals surface area contributed by atoms with Crippen LogP contribution >= 0.6 is 39.1 Å². The van der Waals surface area contributed by atoms with Gasteiger partial charge in [-0.1, -0.05) is 45.2 Å². The van der Waals surface area contributed by atoms with E-state index in [9.17, 15) is 14.3 Å². The molecule has 0 unspecified atom stereocenters. The molecular weight excluding hydrogens is 434 g/mol. The molecule has 0 radical (unpaired) electrons. The van der Waals surface area contributed by atoms with Crippen molar-refractivity contribution in [2.24, 2.45) is 0 Å². The zero-order valence-electron chi connectivity index (χ0n) is 13.1. The minimum atomic E-state index is -0.374. The molecule has 0 aromatic heterocycles. The lowest BCUT2D eigenvalue weighted by molar-refractivity contribution is -0.117. The van der Waals surface area contributed by atoms with Gasteiger partial charge in [-0.05, 0) is 30.3 Å². The molecule has 0 atom stereocenters. The summed E-state index contributed by atoms with van der Waals surface area (Å²) in [4.78, 5) is 13.9. The Hall–Kier alpha value is -1.18. The SMILES string of the molecule is O=C(CN(CCO)Cc1cc(Br)ccc1F)Nc1c(Cl)cccc1Cl. The standard InChI is InChI=1S/C17H16BrCl2FN2O2/c18-12-4-5-15(21)11(8-12)9-23(6-7-24)10-16(25)22-17-13(19)2-1-3-14(17)20/h1-5,8,24H,6-7,9-10H2,(H,22,25). The zero-order chi connectivity index (χ0) is 18.4. The van der Waals surface area contributed by atoms with Crippen LogP contribution in [-0.4, -0.2) is 35.6 Å². The maximum atomic E-state index is 13.9. The van der Waals surface area contributed by atoms with Crippen molar-refractivity contribution in [3.8, 4) is 0 Å². The number of aliphatic hydroxyl groups is 1. The van der Waals surface area contributed by atoms with Gasteiger partial charge >= 0.3 is 0 Å². The summed E-state index contributed by atoms with van der Waals surface area (Å²) in [6.07, 6.45) is 0. The minimum absolute atomic E-state index is 0.0476. The molecular formula is C17H16BrCl2FN2O2. The van der Waals surface area contributed by atoms with E-state index in [0.29, 0.717) is 21.3 Å². The lowest BCUT2D eigenvalue weighted by Crippen LogP contribution is -2.35. The van der Waals surface area contributed by atoms with E-state index in [1.807, 2.05) is 0 Å². The number of hydrogen-bond donors (Lipinski definition) is 2. The average Bonchev–Trinajstić information content (AvgIpc) is 2.55. The molecule has 0 fully saturated rings. The molecule has 25 heavy (non-hydrogen) atoms. The molecule has 0 aliphatic heterocycles. The van der Waals surface area contributed by atoms with Gasteiger partial charge in [-0.3, -0.25) is 9.69 Å². The molecule has 2 aromatic carbocycles. The predicted molar refractivity (Wildman–Crippen MR) is 102 cm³/mol. The summed E-state index contributed by atoms with van der Waals surface area (Å²) < 4.78 is 14.7. The Morgan fingerprint density at radius 2 is 1.92 bits per heavy atom. The van der Waals surface area contributed by atoms with Crippen LogP contribution < -0.4 is 5.32 Å². The number of nitrogens with zero attached hydrogens (tertiary/aromatic N) is 1. The van der Waals surface area contributed by atoms with Crippen molar-refractivity contribution in [1.82, 2.24) is 4.90 Å². The van der Waals surface area contributed by atoms with Crippen LogP contribution in [-0.2, 0) is 11.3 Å². The Labute approximate surface area is 163 Å². The molecule has 0 heterocycles. The highest BCUT2D eigenvalue weighted by atomic mass is 79.9. The Bertz CT molecular complexity index is 741. The van der Waals surface area contributed by atoms with E-state index >= 15 is 0 Å². The summed E-state index contributed by atoms with van der Waals surface area (Å²) in [7, 11) is 0. The first-order valence-electron chi connectivity index (χ1n) is 7.41. The van der Waals surface area contributed by atoms with Crippen LogP contribution in [0.4, 0.5) is 10.1 Å². The first-order chi connectivity index (χ1) is 11.9. The number of amides is 1. The topological polar surface area (TPSA) is 52.6 Å². The molecule has 1 amide bonds. The number of halogens is 4. The van der Waals surface area contributed by atoms with Crippen molar-refractivity contribution in [1.29, 1.82) is 0 Å². The summed E-state index contributed by atoms with van der Waals surface area (Å²) in [6.45, 7) is 0.189. The van der Waals surface area contributed by atoms with Crippen LogP contribution in [0.25, 0.3) is 0 Å². The van der Waals surface area contributed by atoms with Crippen LogP contribution in [0.5, 0.6) is 0 Å². The van der Waals surface area contributed by atoms with E-state index in [4.69, 9.17) is 23.2 Å². The van der Waals surface area contributed by atoms with Crippen molar-refractivity contribution in [3.05, 3.63) is 62.3 Å². The Morgan fingerprint density at radius 3 is 2.56 bits per heavy atom. The highest BCUT2D eigenvalue weighted by molar-refractivity contribution is 9.10. The molecule has 0 aliphatic rings. The predicted octanol–water partition coefficient (Wildman–Crippen LogP) is 4.33. The summed E-state index contributed by atoms with van der Waals surface area (Å²) >= 11 is 15.4. The molecule has 4 nitrogen and oxygen atoms in total. The number of carbonyl (C=O) groups is 1. The molecule has 0 saturated carbocycles. The van der Waals surface area contributed by atoms with Gasteiger partial charge in [0.2, 0.25) is 5.91 Å². The zero-order valence-corrected chi connectivity index (χ0v) is 16.2. The second-order valence-corrected chi connectivity index (χ2v) is 7.04. The number of para-hydroxylation sites is 1. The van der Waals surface area contributed by atoms with E-state index in [1.165, 1.54) is 6.07 Å². The van der Waals surface area contributed by atoms with Gasteiger partial charge in [-0.2, -0.15) is 0 Å². The molecule has 0 aliphatic carbocycles. The molecule has 134 valence electrons. The van der Waals surface area contributed by atoms with E-state index in [2.05, 4.69) is 21.2 Å². The van der Waals surface area contributed by atoms with Gasteiger partial charge in [0.25, 0.3) is 0 Å². The van der Waals surface area contributed by atoms with Crippen LogP contribution in [0.1, 0.15) is 5.56 Å². The number of benzene rings is 2. The summed E-state index contributed by atoms with van der Waals surface area (Å²) in [5.41, 5.74) is 0.750. The first kappa shape index (κ1) is 20.1. The van der Waals surface area contributed by atoms with Crippen LogP contribution in [0.3, 0.4) is 0 Å². The number of rotatable bonds is 7. The summed E-state index contributed by atoms with van der Waals surface area (Å²) in [5.74, 6) is -0.737. The number of aliphatic hydroxyl groups excluding tert-OH is 1. The third kappa shape index (κ3) is 5.94. The Balaban J connectivity index is 2.08. The van der Waals surface area contributed by atoms with Crippen molar-refractivity contribution < 1.29 is 14.3 Å². The number of anilines is 1. The largest absolute Gasteiger partial charge is 0.395 e. The van der Waals surface area contributed by atoms with Gasteiger partial charge in [0, 0.05) is 23.1 Å². The van der Waals surface area contributed by atoms with Crippen LogP contribution in [0.15, 0.2) is 40.9 Å². The van der Waals surface area contributed by atoms with Gasteiger partial charge in [0.05, 0.1) is 28.9 Å².